The van der Waals surface area contributed by atoms with E-state index in [1.165, 1.54) is 23.2 Å². The van der Waals surface area contributed by atoms with Crippen molar-refractivity contribution in [3.63, 3.8) is 0 Å². The highest BCUT2D eigenvalue weighted by Gasteiger charge is 2.33. The van der Waals surface area contributed by atoms with Crippen molar-refractivity contribution in [3.05, 3.63) is 29.0 Å². The Balaban J connectivity index is 2.23. The van der Waals surface area contributed by atoms with E-state index in [-0.39, 0.29) is 24.2 Å². The Morgan fingerprint density at radius 2 is 2.33 bits per heavy atom. The molecule has 1 N–H and O–H groups in total. The lowest BCUT2D eigenvalue weighted by Crippen LogP contribution is -2.52. The van der Waals surface area contributed by atoms with Gasteiger partial charge in [0.1, 0.15) is 5.15 Å². The number of nitrogens with zero attached hydrogens (tertiary/aromatic N) is 2. The number of ether oxygens (including phenoxy) is 1. The van der Waals surface area contributed by atoms with Gasteiger partial charge in [-0.3, -0.25) is 4.79 Å². The molecule has 0 radical (unpaired) electrons. The van der Waals surface area contributed by atoms with Crippen LogP contribution in [-0.4, -0.2) is 52.7 Å². The van der Waals surface area contributed by atoms with Crippen LogP contribution in [0.4, 0.5) is 0 Å². The van der Waals surface area contributed by atoms with E-state index in [9.17, 15) is 9.59 Å². The first-order valence-electron chi connectivity index (χ1n) is 5.32. The molecule has 0 saturated carbocycles. The molecule has 18 heavy (non-hydrogen) atoms. The average Bonchev–Trinajstić information content (AvgIpc) is 2.38. The molecule has 1 amide bonds. The van der Waals surface area contributed by atoms with Crippen molar-refractivity contribution in [2.45, 2.75) is 6.04 Å². The molecule has 96 valence electrons. The van der Waals surface area contributed by atoms with Gasteiger partial charge in [-0.15, -0.1) is 0 Å². The van der Waals surface area contributed by atoms with Crippen LogP contribution < -0.4 is 0 Å². The van der Waals surface area contributed by atoms with E-state index in [1.807, 2.05) is 0 Å². The van der Waals surface area contributed by atoms with E-state index in [0.29, 0.717) is 12.2 Å². The van der Waals surface area contributed by atoms with Crippen LogP contribution in [0.1, 0.15) is 10.4 Å². The number of rotatable bonds is 2. The van der Waals surface area contributed by atoms with E-state index in [4.69, 9.17) is 21.4 Å². The van der Waals surface area contributed by atoms with Crippen LogP contribution in [0, 0.1) is 0 Å². The molecule has 0 bridgehead atoms. The molecule has 1 saturated heterocycles. The van der Waals surface area contributed by atoms with Crippen LogP contribution in [0.15, 0.2) is 18.3 Å². The predicted octanol–water partition coefficient (Wildman–Crippen LogP) is 0.661. The number of carbonyl (C=O) groups is 2. The van der Waals surface area contributed by atoms with Gasteiger partial charge in [-0.05, 0) is 12.1 Å². The van der Waals surface area contributed by atoms with Gasteiger partial charge in [0.25, 0.3) is 5.91 Å². The normalized spacial score (nSPS) is 19.6. The Hall–Kier alpha value is -1.66. The molecule has 1 fully saturated rings. The Labute approximate surface area is 108 Å². The summed E-state index contributed by atoms with van der Waals surface area (Å²) in [5.74, 6) is -1.46. The van der Waals surface area contributed by atoms with Gasteiger partial charge in [-0.2, -0.15) is 0 Å². The molecule has 0 aliphatic carbocycles. The molecule has 1 unspecified atom stereocenters. The third-order valence-electron chi connectivity index (χ3n) is 2.65. The Kier molecular flexibility index (Phi) is 3.78. The predicted molar refractivity (Wildman–Crippen MR) is 62.5 cm³/mol. The second kappa shape index (κ2) is 5.32. The summed E-state index contributed by atoms with van der Waals surface area (Å²) in [5, 5.41) is 9.24. The maximum absolute atomic E-state index is 12.2. The van der Waals surface area contributed by atoms with Crippen molar-refractivity contribution in [3.8, 4) is 0 Å². The number of morpholine rings is 1. The van der Waals surface area contributed by atoms with Crippen molar-refractivity contribution in [1.29, 1.82) is 0 Å². The summed E-state index contributed by atoms with van der Waals surface area (Å²) >= 11 is 5.70. The largest absolute Gasteiger partial charge is 0.480 e. The van der Waals surface area contributed by atoms with Crippen molar-refractivity contribution in [2.75, 3.05) is 19.8 Å². The van der Waals surface area contributed by atoms with Crippen molar-refractivity contribution in [2.24, 2.45) is 0 Å². The minimum Gasteiger partial charge on any atom is -0.480 e. The molecule has 6 nitrogen and oxygen atoms in total. The molecular formula is C11H11ClN2O4. The molecular weight excluding hydrogens is 260 g/mol. The number of pyridine rings is 1. The highest BCUT2D eigenvalue weighted by atomic mass is 35.5. The topological polar surface area (TPSA) is 79.7 Å². The molecule has 0 spiro atoms. The zero-order chi connectivity index (χ0) is 13.1. The molecule has 1 aromatic rings. The van der Waals surface area contributed by atoms with E-state index in [1.54, 1.807) is 0 Å². The van der Waals surface area contributed by atoms with Crippen molar-refractivity contribution in [1.82, 2.24) is 9.88 Å². The fourth-order valence-corrected chi connectivity index (χ4v) is 1.93. The summed E-state index contributed by atoms with van der Waals surface area (Å²) in [6, 6.07) is 1.96. The third-order valence-corrected chi connectivity index (χ3v) is 2.85. The van der Waals surface area contributed by atoms with Gasteiger partial charge in [-0.25, -0.2) is 9.78 Å². The number of hydrogen-bond donors (Lipinski definition) is 1. The Morgan fingerprint density at radius 3 is 3.00 bits per heavy atom. The average molecular weight is 271 g/mol. The first-order valence-corrected chi connectivity index (χ1v) is 5.70. The number of hydrogen-bond acceptors (Lipinski definition) is 4. The molecule has 1 aliphatic heterocycles. The molecule has 1 aromatic heterocycles. The lowest BCUT2D eigenvalue weighted by molar-refractivity contribution is -0.147. The monoisotopic (exact) mass is 270 g/mol. The van der Waals surface area contributed by atoms with Crippen LogP contribution in [0.5, 0.6) is 0 Å². The molecule has 2 heterocycles. The summed E-state index contributed by atoms with van der Waals surface area (Å²) in [5.41, 5.74) is 0.322. The summed E-state index contributed by atoms with van der Waals surface area (Å²) in [7, 11) is 0. The van der Waals surface area contributed by atoms with Gasteiger partial charge in [0.15, 0.2) is 6.04 Å². The number of aromatic nitrogens is 1. The van der Waals surface area contributed by atoms with E-state index in [2.05, 4.69) is 4.98 Å². The quantitative estimate of drug-likeness (QED) is 0.799. The fourth-order valence-electron chi connectivity index (χ4n) is 1.75. The maximum atomic E-state index is 12.2. The molecule has 2 rings (SSSR count). The van der Waals surface area contributed by atoms with Crippen LogP contribution in [0.25, 0.3) is 0 Å². The molecule has 1 aliphatic rings. The number of carboxylic acids is 1. The minimum atomic E-state index is -1.08. The third kappa shape index (κ3) is 2.60. The van der Waals surface area contributed by atoms with Crippen LogP contribution in [0.3, 0.4) is 0 Å². The van der Waals surface area contributed by atoms with Crippen LogP contribution in [0.2, 0.25) is 5.15 Å². The molecule has 7 heteroatoms. The number of halogens is 1. The Morgan fingerprint density at radius 1 is 1.56 bits per heavy atom. The first-order chi connectivity index (χ1) is 8.59. The Bertz CT molecular complexity index is 480. The zero-order valence-electron chi connectivity index (χ0n) is 9.38. The highest BCUT2D eigenvalue weighted by Crippen LogP contribution is 2.14. The standard InChI is InChI=1S/C11H11ClN2O4/c12-9-5-7(1-2-13-9)10(15)14-3-4-18-6-8(14)11(16)17/h1-2,5,8H,3-4,6H2,(H,16,17). The van der Waals surface area contributed by atoms with Gasteiger partial charge in [0, 0.05) is 18.3 Å². The second-order valence-corrected chi connectivity index (χ2v) is 4.18. The fraction of sp³-hybridized carbons (Fsp3) is 0.364. The van der Waals surface area contributed by atoms with Gasteiger partial charge >= 0.3 is 5.97 Å². The highest BCUT2D eigenvalue weighted by molar-refractivity contribution is 6.29. The SMILES string of the molecule is O=C(O)C1COCCN1C(=O)c1ccnc(Cl)c1. The maximum Gasteiger partial charge on any atom is 0.328 e. The van der Waals surface area contributed by atoms with Gasteiger partial charge in [0.2, 0.25) is 0 Å². The second-order valence-electron chi connectivity index (χ2n) is 3.79. The van der Waals surface area contributed by atoms with E-state index < -0.39 is 12.0 Å². The summed E-state index contributed by atoms with van der Waals surface area (Å²) < 4.78 is 5.07. The minimum absolute atomic E-state index is 0.000110. The summed E-state index contributed by atoms with van der Waals surface area (Å²) in [6.07, 6.45) is 1.41. The lowest BCUT2D eigenvalue weighted by Gasteiger charge is -2.32. The first kappa shape index (κ1) is 12.8. The molecule has 0 aromatic carbocycles. The zero-order valence-corrected chi connectivity index (χ0v) is 10.1. The number of amides is 1. The van der Waals surface area contributed by atoms with Crippen LogP contribution in [-0.2, 0) is 9.53 Å². The number of aliphatic carboxylic acids is 1. The summed E-state index contributed by atoms with van der Waals surface area (Å²) in [4.78, 5) is 28.3. The van der Waals surface area contributed by atoms with Crippen molar-refractivity contribution < 1.29 is 19.4 Å². The number of carboxylic acid groups (broad SMARTS) is 1. The molecule has 1 atom stereocenters. The van der Waals surface area contributed by atoms with Gasteiger partial charge < -0.3 is 14.7 Å². The van der Waals surface area contributed by atoms with Gasteiger partial charge in [-0.1, -0.05) is 11.6 Å². The lowest BCUT2D eigenvalue weighted by atomic mass is 10.1. The van der Waals surface area contributed by atoms with E-state index in [0.717, 1.165) is 0 Å². The van der Waals surface area contributed by atoms with Crippen LogP contribution >= 0.6 is 11.6 Å². The summed E-state index contributed by atoms with van der Waals surface area (Å²) in [6.45, 7) is 0.573. The van der Waals surface area contributed by atoms with Crippen molar-refractivity contribution >= 4 is 23.5 Å². The van der Waals surface area contributed by atoms with E-state index >= 15 is 0 Å². The number of carbonyl (C=O) groups excluding carboxylic acids is 1. The smallest absolute Gasteiger partial charge is 0.328 e. The van der Waals surface area contributed by atoms with Gasteiger partial charge in [0.05, 0.1) is 13.2 Å².